The maximum atomic E-state index is 12.0. The second-order valence-corrected chi connectivity index (χ2v) is 7.31. The molecule has 5 rings (SSSR count). The summed E-state index contributed by atoms with van der Waals surface area (Å²) in [7, 11) is 0. The van der Waals surface area contributed by atoms with Gasteiger partial charge in [-0.3, -0.25) is 5.10 Å². The Balaban J connectivity index is 1.51. The fourth-order valence-electron chi connectivity index (χ4n) is 3.31. The minimum absolute atomic E-state index is 0.349. The largest absolute Gasteiger partial charge is 0.423 e. The van der Waals surface area contributed by atoms with E-state index in [1.807, 2.05) is 60.7 Å². The molecule has 2 heterocycles. The number of fused-ring (bicyclic) bond motifs is 3. The van der Waals surface area contributed by atoms with E-state index in [9.17, 15) is 4.79 Å². The highest BCUT2D eigenvalue weighted by molar-refractivity contribution is 7.98. The molecule has 0 fully saturated rings. The van der Waals surface area contributed by atoms with Gasteiger partial charge in [-0.1, -0.05) is 72.4 Å². The van der Waals surface area contributed by atoms with Crippen LogP contribution in [0.5, 0.6) is 0 Å². The van der Waals surface area contributed by atoms with Crippen LogP contribution in [0.4, 0.5) is 0 Å². The first kappa shape index (κ1) is 16.8. The fourth-order valence-corrected chi connectivity index (χ4v) is 4.09. The van der Waals surface area contributed by atoms with Crippen molar-refractivity contribution in [3.63, 3.8) is 0 Å². The second kappa shape index (κ2) is 6.98. The molecule has 3 aromatic carbocycles. The summed E-state index contributed by atoms with van der Waals surface area (Å²) < 4.78 is 5.42. The summed E-state index contributed by atoms with van der Waals surface area (Å²) in [5, 5.41) is 11.1. The third kappa shape index (κ3) is 3.08. The zero-order valence-electron chi connectivity index (χ0n) is 14.8. The van der Waals surface area contributed by atoms with Gasteiger partial charge in [-0.15, -0.1) is 5.10 Å². The number of benzene rings is 3. The molecule has 0 spiro atoms. The molecule has 0 radical (unpaired) electrons. The van der Waals surface area contributed by atoms with E-state index in [4.69, 9.17) is 4.42 Å². The van der Waals surface area contributed by atoms with Crippen molar-refractivity contribution in [2.75, 3.05) is 0 Å². The summed E-state index contributed by atoms with van der Waals surface area (Å²) in [4.78, 5) is 16.6. The zero-order chi connectivity index (χ0) is 18.9. The average molecular weight is 385 g/mol. The second-order valence-electron chi connectivity index (χ2n) is 6.37. The summed E-state index contributed by atoms with van der Waals surface area (Å²) in [5.41, 5.74) is 2.15. The Labute approximate surface area is 164 Å². The Morgan fingerprint density at radius 3 is 2.68 bits per heavy atom. The standard InChI is InChI=1S/C22H15N3O2S/c26-19-12-16(20-17-9-5-4-6-14(17)10-11-18(20)27-19)13-28-22-23-21(24-25-22)15-7-2-1-3-8-15/h1-12H,13H2,(H,23,24,25). The van der Waals surface area contributed by atoms with Gasteiger partial charge in [0.25, 0.3) is 0 Å². The van der Waals surface area contributed by atoms with Crippen LogP contribution >= 0.6 is 11.8 Å². The molecule has 136 valence electrons. The highest BCUT2D eigenvalue weighted by Gasteiger charge is 2.12. The highest BCUT2D eigenvalue weighted by atomic mass is 32.2. The first-order valence-corrected chi connectivity index (χ1v) is 9.81. The lowest BCUT2D eigenvalue weighted by molar-refractivity contribution is 0.560. The molecule has 0 amide bonds. The van der Waals surface area contributed by atoms with Crippen LogP contribution in [0.3, 0.4) is 0 Å². The Morgan fingerprint density at radius 2 is 1.79 bits per heavy atom. The number of rotatable bonds is 4. The molecular formula is C22H15N3O2S. The number of aromatic amines is 1. The van der Waals surface area contributed by atoms with E-state index in [0.717, 1.165) is 33.1 Å². The van der Waals surface area contributed by atoms with E-state index in [2.05, 4.69) is 21.2 Å². The minimum Gasteiger partial charge on any atom is -0.423 e. The molecule has 2 aromatic heterocycles. The van der Waals surface area contributed by atoms with Crippen molar-refractivity contribution in [3.8, 4) is 11.4 Å². The van der Waals surface area contributed by atoms with Crippen molar-refractivity contribution in [2.24, 2.45) is 0 Å². The lowest BCUT2D eigenvalue weighted by Crippen LogP contribution is -2.00. The van der Waals surface area contributed by atoms with E-state index in [0.29, 0.717) is 16.5 Å². The third-order valence-corrected chi connectivity index (χ3v) is 5.48. The number of H-pyrrole nitrogens is 1. The Morgan fingerprint density at radius 1 is 0.964 bits per heavy atom. The first-order chi connectivity index (χ1) is 13.8. The smallest absolute Gasteiger partial charge is 0.336 e. The molecule has 6 heteroatoms. The maximum Gasteiger partial charge on any atom is 0.336 e. The van der Waals surface area contributed by atoms with Gasteiger partial charge in [0, 0.05) is 22.8 Å². The van der Waals surface area contributed by atoms with Crippen molar-refractivity contribution in [3.05, 3.63) is 88.8 Å². The minimum atomic E-state index is -0.349. The summed E-state index contributed by atoms with van der Waals surface area (Å²) in [6.45, 7) is 0. The highest BCUT2D eigenvalue weighted by Crippen LogP contribution is 2.31. The van der Waals surface area contributed by atoms with Crippen molar-refractivity contribution < 1.29 is 4.42 Å². The van der Waals surface area contributed by atoms with Gasteiger partial charge < -0.3 is 4.42 Å². The molecule has 0 aliphatic rings. The van der Waals surface area contributed by atoms with Crippen LogP contribution in [0.1, 0.15) is 5.56 Å². The number of hydrogen-bond donors (Lipinski definition) is 1. The number of nitrogens with zero attached hydrogens (tertiary/aromatic N) is 2. The number of aromatic nitrogens is 3. The molecule has 5 nitrogen and oxygen atoms in total. The Bertz CT molecular complexity index is 1340. The summed E-state index contributed by atoms with van der Waals surface area (Å²) in [6.07, 6.45) is 0. The fraction of sp³-hybridized carbons (Fsp3) is 0.0455. The van der Waals surface area contributed by atoms with Crippen LogP contribution < -0.4 is 5.63 Å². The van der Waals surface area contributed by atoms with E-state index in [1.165, 1.54) is 11.8 Å². The van der Waals surface area contributed by atoms with Crippen molar-refractivity contribution in [1.82, 2.24) is 15.2 Å². The van der Waals surface area contributed by atoms with E-state index >= 15 is 0 Å². The van der Waals surface area contributed by atoms with E-state index in [1.54, 1.807) is 6.07 Å². The molecule has 0 unspecified atom stereocenters. The SMILES string of the molecule is O=c1cc(CSc2n[nH]c(-c3ccccc3)n2)c2c(ccc3ccccc32)o1. The quantitative estimate of drug-likeness (QED) is 0.267. The summed E-state index contributed by atoms with van der Waals surface area (Å²) in [6, 6.07) is 23.3. The molecule has 0 atom stereocenters. The topological polar surface area (TPSA) is 71.8 Å². The number of nitrogens with one attached hydrogen (secondary N) is 1. The van der Waals surface area contributed by atoms with Gasteiger partial charge in [-0.05, 0) is 22.4 Å². The molecule has 0 bridgehead atoms. The summed E-state index contributed by atoms with van der Waals surface area (Å²) >= 11 is 1.49. The molecule has 5 aromatic rings. The predicted molar refractivity (Wildman–Crippen MR) is 111 cm³/mol. The molecular weight excluding hydrogens is 370 g/mol. The molecule has 0 saturated carbocycles. The average Bonchev–Trinajstić information content (AvgIpc) is 3.21. The molecule has 1 N–H and O–H groups in total. The van der Waals surface area contributed by atoms with Gasteiger partial charge in [-0.2, -0.15) is 0 Å². The third-order valence-electron chi connectivity index (χ3n) is 4.58. The van der Waals surface area contributed by atoms with Gasteiger partial charge in [0.05, 0.1) is 0 Å². The molecule has 0 aliphatic heterocycles. The van der Waals surface area contributed by atoms with Crippen molar-refractivity contribution in [2.45, 2.75) is 10.9 Å². The zero-order valence-corrected chi connectivity index (χ0v) is 15.6. The van der Waals surface area contributed by atoms with Crippen molar-refractivity contribution in [1.29, 1.82) is 0 Å². The van der Waals surface area contributed by atoms with Crippen molar-refractivity contribution >= 4 is 33.5 Å². The van der Waals surface area contributed by atoms with Crippen LogP contribution in [0.2, 0.25) is 0 Å². The van der Waals surface area contributed by atoms with Crippen LogP contribution in [0.15, 0.2) is 87.2 Å². The van der Waals surface area contributed by atoms with Crippen LogP contribution in [-0.2, 0) is 5.75 Å². The lowest BCUT2D eigenvalue weighted by atomic mass is 10.0. The molecule has 0 aliphatic carbocycles. The molecule has 0 saturated heterocycles. The Hall–Kier alpha value is -3.38. The van der Waals surface area contributed by atoms with Gasteiger partial charge >= 0.3 is 5.63 Å². The van der Waals surface area contributed by atoms with Crippen LogP contribution in [-0.4, -0.2) is 15.2 Å². The summed E-state index contributed by atoms with van der Waals surface area (Å²) in [5.74, 6) is 1.30. The van der Waals surface area contributed by atoms with Gasteiger partial charge in [-0.25, -0.2) is 9.78 Å². The Kier molecular flexibility index (Phi) is 4.18. The monoisotopic (exact) mass is 385 g/mol. The van der Waals surface area contributed by atoms with Crippen LogP contribution in [0.25, 0.3) is 33.1 Å². The van der Waals surface area contributed by atoms with E-state index in [-0.39, 0.29) is 5.63 Å². The normalized spacial score (nSPS) is 11.3. The molecule has 28 heavy (non-hydrogen) atoms. The lowest BCUT2D eigenvalue weighted by Gasteiger charge is -2.07. The van der Waals surface area contributed by atoms with Crippen LogP contribution in [0, 0.1) is 0 Å². The van der Waals surface area contributed by atoms with Gasteiger partial charge in [0.2, 0.25) is 5.16 Å². The number of thioether (sulfide) groups is 1. The van der Waals surface area contributed by atoms with E-state index < -0.39 is 0 Å². The number of hydrogen-bond acceptors (Lipinski definition) is 5. The maximum absolute atomic E-state index is 12.0. The first-order valence-electron chi connectivity index (χ1n) is 8.83. The van der Waals surface area contributed by atoms with Gasteiger partial charge in [0.15, 0.2) is 5.82 Å². The predicted octanol–water partition coefficient (Wildman–Crippen LogP) is 5.02. The van der Waals surface area contributed by atoms with Gasteiger partial charge in [0.1, 0.15) is 5.58 Å².